The van der Waals surface area contributed by atoms with Crippen LogP contribution in [0.3, 0.4) is 0 Å². The Labute approximate surface area is 137 Å². The van der Waals surface area contributed by atoms with Crippen molar-refractivity contribution < 1.29 is 14.0 Å². The van der Waals surface area contributed by atoms with Gasteiger partial charge in [-0.25, -0.2) is 0 Å². The molecule has 0 unspecified atom stereocenters. The first kappa shape index (κ1) is 16.0. The second kappa shape index (κ2) is 5.66. The van der Waals surface area contributed by atoms with Crippen LogP contribution >= 0.6 is 0 Å². The number of aromatic nitrogens is 1. The number of pyridine rings is 1. The molecule has 0 amide bonds. The summed E-state index contributed by atoms with van der Waals surface area (Å²) in [6, 6.07) is 11.9. The molecule has 120 valence electrons. The van der Waals surface area contributed by atoms with Crippen LogP contribution in [0.1, 0.15) is 27.7 Å². The molecule has 2 aromatic rings. The summed E-state index contributed by atoms with van der Waals surface area (Å²) in [4.78, 5) is 4.56. The Morgan fingerprint density at radius 3 is 2.17 bits per heavy atom. The maximum Gasteiger partial charge on any atom is 0.500 e. The number of methoxy groups -OCH3 is 1. The van der Waals surface area contributed by atoms with Gasteiger partial charge in [0.1, 0.15) is 5.75 Å². The van der Waals surface area contributed by atoms with E-state index >= 15 is 0 Å². The molecule has 0 aliphatic carbocycles. The van der Waals surface area contributed by atoms with Gasteiger partial charge in [-0.15, -0.1) is 0 Å². The van der Waals surface area contributed by atoms with Crippen LogP contribution < -0.4 is 10.2 Å². The topological polar surface area (TPSA) is 40.6 Å². The highest BCUT2D eigenvalue weighted by atomic mass is 16.7. The lowest BCUT2D eigenvalue weighted by Gasteiger charge is -2.32. The van der Waals surface area contributed by atoms with Crippen LogP contribution in [0, 0.1) is 0 Å². The van der Waals surface area contributed by atoms with Gasteiger partial charge in [-0.3, -0.25) is 4.98 Å². The van der Waals surface area contributed by atoms with E-state index in [1.807, 2.05) is 64.1 Å². The molecule has 0 saturated carbocycles. The van der Waals surface area contributed by atoms with Gasteiger partial charge in [0.25, 0.3) is 0 Å². The van der Waals surface area contributed by atoms with Gasteiger partial charge in [-0.2, -0.15) is 0 Å². The van der Waals surface area contributed by atoms with Crippen LogP contribution in [0.4, 0.5) is 0 Å². The Bertz CT molecular complexity index is 685. The fourth-order valence-electron chi connectivity index (χ4n) is 2.54. The van der Waals surface area contributed by atoms with Crippen molar-refractivity contribution in [2.45, 2.75) is 38.9 Å². The molecule has 1 aromatic carbocycles. The van der Waals surface area contributed by atoms with Crippen molar-refractivity contribution in [2.24, 2.45) is 0 Å². The summed E-state index contributed by atoms with van der Waals surface area (Å²) in [5.74, 6) is 0.720. The molecule has 0 spiro atoms. The molecule has 1 saturated heterocycles. The highest BCUT2D eigenvalue weighted by Gasteiger charge is 2.52. The molecule has 0 bridgehead atoms. The van der Waals surface area contributed by atoms with Crippen LogP contribution in [0.2, 0.25) is 0 Å². The van der Waals surface area contributed by atoms with Crippen molar-refractivity contribution in [3.8, 4) is 17.0 Å². The van der Waals surface area contributed by atoms with E-state index < -0.39 is 7.12 Å². The highest BCUT2D eigenvalue weighted by molar-refractivity contribution is 6.63. The fraction of sp³-hybridized carbons (Fsp3) is 0.389. The fourth-order valence-corrected chi connectivity index (χ4v) is 2.54. The molecule has 5 heteroatoms. The monoisotopic (exact) mass is 311 g/mol. The molecule has 1 aliphatic rings. The molecule has 1 aliphatic heterocycles. The number of benzene rings is 1. The Morgan fingerprint density at radius 2 is 1.61 bits per heavy atom. The molecular weight excluding hydrogens is 289 g/mol. The molecule has 23 heavy (non-hydrogen) atoms. The van der Waals surface area contributed by atoms with Crippen LogP contribution in [0.15, 0.2) is 42.6 Å². The zero-order valence-electron chi connectivity index (χ0n) is 14.3. The first-order valence-electron chi connectivity index (χ1n) is 7.79. The van der Waals surface area contributed by atoms with Gasteiger partial charge in [0.2, 0.25) is 0 Å². The summed E-state index contributed by atoms with van der Waals surface area (Å²) in [7, 11) is 1.17. The molecule has 2 heterocycles. The van der Waals surface area contributed by atoms with Gasteiger partial charge in [-0.05, 0) is 27.7 Å². The van der Waals surface area contributed by atoms with Gasteiger partial charge in [0.15, 0.2) is 0 Å². The lowest BCUT2D eigenvalue weighted by molar-refractivity contribution is 0.00578. The van der Waals surface area contributed by atoms with Crippen molar-refractivity contribution >= 4 is 12.6 Å². The SMILES string of the molecule is COc1cc(-c2ccccc2)ncc1B1OC(C)(C)C(C)(C)O1. The molecule has 0 radical (unpaired) electrons. The van der Waals surface area contributed by atoms with E-state index in [9.17, 15) is 0 Å². The zero-order chi connectivity index (χ0) is 16.7. The third kappa shape index (κ3) is 2.86. The van der Waals surface area contributed by atoms with E-state index in [0.29, 0.717) is 0 Å². The van der Waals surface area contributed by atoms with Gasteiger partial charge in [0.05, 0.1) is 24.0 Å². The van der Waals surface area contributed by atoms with Crippen LogP contribution in [0.25, 0.3) is 11.3 Å². The third-order valence-electron chi connectivity index (χ3n) is 4.69. The minimum Gasteiger partial charge on any atom is -0.497 e. The quantitative estimate of drug-likeness (QED) is 0.817. The lowest BCUT2D eigenvalue weighted by Crippen LogP contribution is -2.41. The first-order valence-corrected chi connectivity index (χ1v) is 7.79. The summed E-state index contributed by atoms with van der Waals surface area (Å²) in [6.07, 6.45) is 1.78. The zero-order valence-corrected chi connectivity index (χ0v) is 14.3. The molecule has 0 atom stereocenters. The summed E-state index contributed by atoms with van der Waals surface area (Å²) in [5.41, 5.74) is 1.95. The van der Waals surface area contributed by atoms with Crippen LogP contribution in [-0.4, -0.2) is 30.4 Å². The molecule has 4 nitrogen and oxygen atoms in total. The van der Waals surface area contributed by atoms with E-state index in [-0.39, 0.29) is 11.2 Å². The summed E-state index contributed by atoms with van der Waals surface area (Å²) in [6.45, 7) is 8.13. The Hall–Kier alpha value is -1.85. The highest BCUT2D eigenvalue weighted by Crippen LogP contribution is 2.37. The normalized spacial score (nSPS) is 18.9. The number of ether oxygens (including phenoxy) is 1. The van der Waals surface area contributed by atoms with E-state index in [0.717, 1.165) is 22.5 Å². The summed E-state index contributed by atoms with van der Waals surface area (Å²) >= 11 is 0. The average Bonchev–Trinajstić information content (AvgIpc) is 2.75. The Kier molecular flexibility index (Phi) is 3.94. The van der Waals surface area contributed by atoms with Crippen molar-refractivity contribution in [3.05, 3.63) is 42.6 Å². The maximum absolute atomic E-state index is 6.10. The minimum atomic E-state index is -0.479. The lowest BCUT2D eigenvalue weighted by atomic mass is 9.79. The van der Waals surface area contributed by atoms with Crippen molar-refractivity contribution in [1.29, 1.82) is 0 Å². The second-order valence-corrected chi connectivity index (χ2v) is 6.77. The van der Waals surface area contributed by atoms with Crippen molar-refractivity contribution in [2.75, 3.05) is 7.11 Å². The van der Waals surface area contributed by atoms with Gasteiger partial charge >= 0.3 is 7.12 Å². The predicted octanol–water partition coefficient (Wildman–Crippen LogP) is 3.06. The second-order valence-electron chi connectivity index (χ2n) is 6.77. The Balaban J connectivity index is 1.96. The number of rotatable bonds is 3. The largest absolute Gasteiger partial charge is 0.500 e. The molecule has 1 fully saturated rings. The summed E-state index contributed by atoms with van der Waals surface area (Å²) in [5, 5.41) is 0. The number of nitrogens with zero attached hydrogens (tertiary/aromatic N) is 1. The van der Waals surface area contributed by atoms with E-state index in [4.69, 9.17) is 14.0 Å². The molecule has 3 rings (SSSR count). The van der Waals surface area contributed by atoms with Gasteiger partial charge in [0, 0.05) is 23.3 Å². The maximum atomic E-state index is 6.10. The van der Waals surface area contributed by atoms with Crippen molar-refractivity contribution in [1.82, 2.24) is 4.98 Å². The standard InChI is InChI=1S/C18H22BNO3/c1-17(2)18(3,4)23-19(22-17)14-12-20-15(11-16(14)21-5)13-9-7-6-8-10-13/h6-12H,1-5H3. The smallest absolute Gasteiger partial charge is 0.497 e. The van der Waals surface area contributed by atoms with E-state index in [1.165, 1.54) is 0 Å². The Morgan fingerprint density at radius 1 is 1.00 bits per heavy atom. The molecular formula is C18H22BNO3. The minimum absolute atomic E-state index is 0.388. The van der Waals surface area contributed by atoms with Crippen molar-refractivity contribution in [3.63, 3.8) is 0 Å². The van der Waals surface area contributed by atoms with E-state index in [1.54, 1.807) is 13.3 Å². The van der Waals surface area contributed by atoms with Crippen LogP contribution in [-0.2, 0) is 9.31 Å². The summed E-state index contributed by atoms with van der Waals surface area (Å²) < 4.78 is 17.7. The third-order valence-corrected chi connectivity index (χ3v) is 4.69. The number of hydrogen-bond donors (Lipinski definition) is 0. The first-order chi connectivity index (χ1) is 10.8. The van der Waals surface area contributed by atoms with Crippen LogP contribution in [0.5, 0.6) is 5.75 Å². The van der Waals surface area contributed by atoms with Gasteiger partial charge in [-0.1, -0.05) is 30.3 Å². The van der Waals surface area contributed by atoms with Gasteiger partial charge < -0.3 is 14.0 Å². The molecule has 1 aromatic heterocycles. The number of hydrogen-bond acceptors (Lipinski definition) is 4. The average molecular weight is 311 g/mol. The molecule has 0 N–H and O–H groups in total. The van der Waals surface area contributed by atoms with E-state index in [2.05, 4.69) is 4.98 Å². The predicted molar refractivity (Wildman–Crippen MR) is 91.9 cm³/mol.